The topological polar surface area (TPSA) is 17.1 Å². The summed E-state index contributed by atoms with van der Waals surface area (Å²) >= 11 is 0. The molecule has 0 amide bonds. The standard InChI is InChI=1S/C11H13O/c1-11(2,3)10-6-4-5-9(7-10)8-12/h4-6,8H,1-3H3. The van der Waals surface area contributed by atoms with Gasteiger partial charge in [0.05, 0.1) is 0 Å². The van der Waals surface area contributed by atoms with Gasteiger partial charge in [-0.1, -0.05) is 39.0 Å². The van der Waals surface area contributed by atoms with Crippen molar-refractivity contribution in [2.75, 3.05) is 0 Å². The van der Waals surface area contributed by atoms with Crippen molar-refractivity contribution < 1.29 is 4.79 Å². The number of benzene rings is 1. The molecule has 0 saturated carbocycles. The molecule has 0 unspecified atom stereocenters. The van der Waals surface area contributed by atoms with Crippen LogP contribution < -0.4 is 0 Å². The van der Waals surface area contributed by atoms with Gasteiger partial charge in [0.25, 0.3) is 0 Å². The fourth-order valence-corrected chi connectivity index (χ4v) is 0.993. The van der Waals surface area contributed by atoms with Crippen molar-refractivity contribution in [3.63, 3.8) is 0 Å². The average Bonchev–Trinajstić information content (AvgIpc) is 2.03. The van der Waals surface area contributed by atoms with Gasteiger partial charge in [0.2, 0.25) is 0 Å². The Bertz CT molecular complexity index is 281. The second-order valence-corrected chi connectivity index (χ2v) is 3.89. The molecule has 0 N–H and O–H groups in total. The van der Waals surface area contributed by atoms with E-state index in [1.54, 1.807) is 6.07 Å². The van der Waals surface area contributed by atoms with Crippen LogP contribution in [0.1, 0.15) is 36.7 Å². The molecule has 12 heavy (non-hydrogen) atoms. The minimum Gasteiger partial charge on any atom is -0.298 e. The highest BCUT2D eigenvalue weighted by Crippen LogP contribution is 2.21. The van der Waals surface area contributed by atoms with Crippen LogP contribution in [0.5, 0.6) is 0 Å². The highest BCUT2D eigenvalue weighted by Gasteiger charge is 2.13. The number of rotatable bonds is 1. The predicted molar refractivity (Wildman–Crippen MR) is 49.4 cm³/mol. The molecule has 0 aliphatic heterocycles. The van der Waals surface area contributed by atoms with Gasteiger partial charge >= 0.3 is 0 Å². The van der Waals surface area contributed by atoms with E-state index in [1.165, 1.54) is 0 Å². The van der Waals surface area contributed by atoms with Gasteiger partial charge in [0.15, 0.2) is 6.29 Å². The van der Waals surface area contributed by atoms with E-state index in [1.807, 2.05) is 12.1 Å². The van der Waals surface area contributed by atoms with Crippen LogP contribution in [0, 0.1) is 6.07 Å². The first-order valence-electron chi connectivity index (χ1n) is 4.02. The maximum Gasteiger partial charge on any atom is 0.150 e. The van der Waals surface area contributed by atoms with Crippen molar-refractivity contribution in [3.05, 3.63) is 35.4 Å². The highest BCUT2D eigenvalue weighted by molar-refractivity contribution is 5.74. The van der Waals surface area contributed by atoms with E-state index in [0.717, 1.165) is 11.8 Å². The van der Waals surface area contributed by atoms with Crippen LogP contribution in [0.4, 0.5) is 0 Å². The third kappa shape index (κ3) is 1.94. The normalized spacial score (nSPS) is 11.2. The van der Waals surface area contributed by atoms with Gasteiger partial charge in [0, 0.05) is 5.56 Å². The van der Waals surface area contributed by atoms with Crippen LogP contribution in [0.15, 0.2) is 18.2 Å². The first-order valence-corrected chi connectivity index (χ1v) is 4.02. The molecule has 63 valence electrons. The van der Waals surface area contributed by atoms with Crippen molar-refractivity contribution in [2.45, 2.75) is 26.2 Å². The molecule has 0 fully saturated rings. The zero-order valence-electron chi connectivity index (χ0n) is 7.72. The lowest BCUT2D eigenvalue weighted by Crippen LogP contribution is -2.11. The minimum absolute atomic E-state index is 0.0685. The molecule has 0 aliphatic carbocycles. The Morgan fingerprint density at radius 2 is 2.00 bits per heavy atom. The van der Waals surface area contributed by atoms with Gasteiger partial charge in [-0.3, -0.25) is 4.79 Å². The summed E-state index contributed by atoms with van der Waals surface area (Å²) in [6.45, 7) is 6.31. The molecule has 0 bridgehead atoms. The summed E-state index contributed by atoms with van der Waals surface area (Å²) in [5, 5.41) is 0. The first-order chi connectivity index (χ1) is 5.54. The van der Waals surface area contributed by atoms with Crippen LogP contribution in [-0.2, 0) is 5.41 Å². The molecule has 0 heterocycles. The molecule has 0 aliphatic rings. The number of hydrogen-bond acceptors (Lipinski definition) is 1. The van der Waals surface area contributed by atoms with Crippen LogP contribution in [0.2, 0.25) is 0 Å². The summed E-state index contributed by atoms with van der Waals surface area (Å²) < 4.78 is 0. The Balaban J connectivity index is 3.10. The van der Waals surface area contributed by atoms with E-state index >= 15 is 0 Å². The van der Waals surface area contributed by atoms with Crippen molar-refractivity contribution in [1.82, 2.24) is 0 Å². The summed E-state index contributed by atoms with van der Waals surface area (Å²) in [6.07, 6.45) is 0.829. The van der Waals surface area contributed by atoms with Gasteiger partial charge in [-0.2, -0.15) is 0 Å². The third-order valence-electron chi connectivity index (χ3n) is 1.75. The summed E-state index contributed by atoms with van der Waals surface area (Å²) in [5.74, 6) is 0. The molecule has 1 aromatic rings. The van der Waals surface area contributed by atoms with Crippen LogP contribution in [0.25, 0.3) is 0 Å². The average molecular weight is 161 g/mol. The molecular weight excluding hydrogens is 148 g/mol. The fraction of sp³-hybridized carbons (Fsp3) is 0.364. The maximum absolute atomic E-state index is 10.5. The zero-order valence-corrected chi connectivity index (χ0v) is 7.72. The second-order valence-electron chi connectivity index (χ2n) is 3.89. The van der Waals surface area contributed by atoms with E-state index in [4.69, 9.17) is 0 Å². The Labute approximate surface area is 73.4 Å². The summed E-state index contributed by atoms with van der Waals surface area (Å²) in [4.78, 5) is 10.5. The predicted octanol–water partition coefficient (Wildman–Crippen LogP) is 2.60. The van der Waals surface area contributed by atoms with Crippen LogP contribution >= 0.6 is 0 Å². The molecule has 0 spiro atoms. The fourth-order valence-electron chi connectivity index (χ4n) is 0.993. The zero-order chi connectivity index (χ0) is 9.19. The second kappa shape index (κ2) is 3.10. The lowest BCUT2D eigenvalue weighted by molar-refractivity contribution is 0.112. The molecule has 0 atom stereocenters. The van der Waals surface area contributed by atoms with Crippen molar-refractivity contribution in [1.29, 1.82) is 0 Å². The van der Waals surface area contributed by atoms with E-state index < -0.39 is 0 Å². The Morgan fingerprint density at radius 3 is 2.50 bits per heavy atom. The number of carbonyl (C=O) groups is 1. The van der Waals surface area contributed by atoms with E-state index in [0.29, 0.717) is 5.56 Å². The molecule has 1 rings (SSSR count). The van der Waals surface area contributed by atoms with E-state index in [9.17, 15) is 4.79 Å². The minimum atomic E-state index is 0.0685. The smallest absolute Gasteiger partial charge is 0.150 e. The van der Waals surface area contributed by atoms with Crippen LogP contribution in [-0.4, -0.2) is 6.29 Å². The van der Waals surface area contributed by atoms with E-state index in [-0.39, 0.29) is 5.41 Å². The number of carbonyl (C=O) groups excluding carboxylic acids is 1. The Kier molecular flexibility index (Phi) is 2.32. The van der Waals surface area contributed by atoms with Gasteiger partial charge in [-0.25, -0.2) is 0 Å². The molecule has 1 radical (unpaired) electrons. The molecule has 1 aromatic carbocycles. The van der Waals surface area contributed by atoms with Crippen molar-refractivity contribution >= 4 is 6.29 Å². The highest BCUT2D eigenvalue weighted by atomic mass is 16.1. The Hall–Kier alpha value is -1.11. The van der Waals surface area contributed by atoms with Crippen molar-refractivity contribution in [3.8, 4) is 0 Å². The molecular formula is C11H13O. The summed E-state index contributed by atoms with van der Waals surface area (Å²) in [7, 11) is 0. The third-order valence-corrected chi connectivity index (χ3v) is 1.75. The van der Waals surface area contributed by atoms with Gasteiger partial charge in [-0.15, -0.1) is 0 Å². The Morgan fingerprint density at radius 1 is 1.33 bits per heavy atom. The first kappa shape index (κ1) is 8.98. The van der Waals surface area contributed by atoms with Crippen molar-refractivity contribution in [2.24, 2.45) is 0 Å². The molecule has 1 heteroatoms. The van der Waals surface area contributed by atoms with Crippen LogP contribution in [0.3, 0.4) is 0 Å². The largest absolute Gasteiger partial charge is 0.298 e. The molecule has 1 nitrogen and oxygen atoms in total. The van der Waals surface area contributed by atoms with Gasteiger partial charge < -0.3 is 0 Å². The summed E-state index contributed by atoms with van der Waals surface area (Å²) in [5.41, 5.74) is 1.77. The lowest BCUT2D eigenvalue weighted by atomic mass is 9.86. The number of aldehydes is 1. The van der Waals surface area contributed by atoms with Gasteiger partial charge in [0.1, 0.15) is 0 Å². The summed E-state index contributed by atoms with van der Waals surface area (Å²) in [6, 6.07) is 8.71. The maximum atomic E-state index is 10.5. The van der Waals surface area contributed by atoms with Gasteiger partial charge in [-0.05, 0) is 17.0 Å². The SMILES string of the molecule is CC(C)(C)c1[c]c(C=O)ccc1. The number of hydrogen-bond donors (Lipinski definition) is 0. The quantitative estimate of drug-likeness (QED) is 0.578. The lowest BCUT2D eigenvalue weighted by Gasteiger charge is -2.18. The molecule has 0 aromatic heterocycles. The van der Waals surface area contributed by atoms with E-state index in [2.05, 4.69) is 26.8 Å². The monoisotopic (exact) mass is 161 g/mol. The molecule has 0 saturated heterocycles.